The van der Waals surface area contributed by atoms with Crippen molar-refractivity contribution in [2.45, 2.75) is 26.9 Å². The lowest BCUT2D eigenvalue weighted by atomic mass is 10.1. The van der Waals surface area contributed by atoms with Crippen molar-refractivity contribution in [3.05, 3.63) is 90.7 Å². The van der Waals surface area contributed by atoms with Crippen LogP contribution in [-0.4, -0.2) is 17.7 Å². The zero-order valence-electron chi connectivity index (χ0n) is 19.6. The summed E-state index contributed by atoms with van der Waals surface area (Å²) in [6.45, 7) is 4.71. The predicted molar refractivity (Wildman–Crippen MR) is 153 cm³/mol. The third-order valence-electron chi connectivity index (χ3n) is 5.27. The molecule has 9 heteroatoms. The predicted octanol–water partition coefficient (Wildman–Crippen LogP) is 8.19. The number of rotatable bonds is 8. The molecule has 0 aromatic heterocycles. The van der Waals surface area contributed by atoms with E-state index in [2.05, 4.69) is 33.2 Å². The topological polar surface area (TPSA) is 59.9 Å². The summed E-state index contributed by atoms with van der Waals surface area (Å²) in [4.78, 5) is 17.7. The highest BCUT2D eigenvalue weighted by Crippen LogP contribution is 2.37. The van der Waals surface area contributed by atoms with Crippen LogP contribution in [0.5, 0.6) is 11.5 Å². The van der Waals surface area contributed by atoms with Crippen LogP contribution in [0.4, 0.5) is 5.69 Å². The van der Waals surface area contributed by atoms with Crippen LogP contribution in [0.3, 0.4) is 0 Å². The molecule has 4 rings (SSSR count). The van der Waals surface area contributed by atoms with Crippen LogP contribution in [-0.2, 0) is 17.8 Å². The van der Waals surface area contributed by atoms with Gasteiger partial charge in [-0.15, -0.1) is 0 Å². The molecule has 0 unspecified atom stereocenters. The molecule has 0 radical (unpaired) electrons. The number of amides is 1. The second-order valence-electron chi connectivity index (χ2n) is 7.78. The molecule has 1 fully saturated rings. The van der Waals surface area contributed by atoms with E-state index in [0.717, 1.165) is 27.7 Å². The molecule has 0 saturated carbocycles. The summed E-state index contributed by atoms with van der Waals surface area (Å²) < 4.78 is 12.6. The third kappa shape index (κ3) is 6.65. The fraction of sp³-hybridized carbons (Fsp3) is 0.185. The van der Waals surface area contributed by atoms with Gasteiger partial charge >= 0.3 is 0 Å². The molecule has 1 heterocycles. The highest BCUT2D eigenvalue weighted by molar-refractivity contribution is 9.10. The Labute approximate surface area is 233 Å². The normalized spacial score (nSPS) is 15.4. The molecule has 0 atom stereocenters. The zero-order valence-corrected chi connectivity index (χ0v) is 23.5. The van der Waals surface area contributed by atoms with E-state index < -0.39 is 0 Å². The lowest BCUT2D eigenvalue weighted by Gasteiger charge is -2.15. The molecule has 0 aliphatic carbocycles. The Bertz CT molecular complexity index is 1340. The maximum absolute atomic E-state index is 12.6. The number of benzene rings is 3. The number of halogens is 3. The zero-order chi connectivity index (χ0) is 25.7. The van der Waals surface area contributed by atoms with Gasteiger partial charge < -0.3 is 14.8 Å². The van der Waals surface area contributed by atoms with Crippen molar-refractivity contribution in [3.8, 4) is 11.5 Å². The number of ether oxygens (including phenoxy) is 2. The van der Waals surface area contributed by atoms with Crippen LogP contribution in [0.2, 0.25) is 10.0 Å². The van der Waals surface area contributed by atoms with Gasteiger partial charge in [0.15, 0.2) is 16.7 Å². The van der Waals surface area contributed by atoms with E-state index in [9.17, 15) is 4.79 Å². The molecule has 0 spiro atoms. The summed E-state index contributed by atoms with van der Waals surface area (Å²) in [5, 5.41) is 4.47. The third-order valence-corrected chi connectivity index (χ3v) is 7.46. The minimum atomic E-state index is -0.202. The Morgan fingerprint density at radius 2 is 1.78 bits per heavy atom. The van der Waals surface area contributed by atoms with Crippen LogP contribution >= 0.6 is 50.9 Å². The van der Waals surface area contributed by atoms with Crippen molar-refractivity contribution in [2.75, 3.05) is 6.61 Å². The van der Waals surface area contributed by atoms with Crippen molar-refractivity contribution >= 4 is 73.7 Å². The van der Waals surface area contributed by atoms with Gasteiger partial charge in [-0.25, -0.2) is 4.99 Å². The molecular formula is C27H23BrCl2N2O3S. The summed E-state index contributed by atoms with van der Waals surface area (Å²) in [5.74, 6) is 0.913. The van der Waals surface area contributed by atoms with E-state index in [-0.39, 0.29) is 12.5 Å². The summed E-state index contributed by atoms with van der Waals surface area (Å²) in [5.41, 5.74) is 3.61. The summed E-state index contributed by atoms with van der Waals surface area (Å²) >= 11 is 17.2. The first-order valence-electron chi connectivity index (χ1n) is 11.3. The Morgan fingerprint density at radius 1 is 1.03 bits per heavy atom. The van der Waals surface area contributed by atoms with Crippen LogP contribution in [0.25, 0.3) is 6.08 Å². The molecular weight excluding hydrogens is 583 g/mol. The number of aryl methyl sites for hydroxylation is 1. The van der Waals surface area contributed by atoms with Crippen molar-refractivity contribution < 1.29 is 14.3 Å². The molecule has 1 aliphatic heterocycles. The van der Waals surface area contributed by atoms with Gasteiger partial charge in [-0.2, -0.15) is 0 Å². The van der Waals surface area contributed by atoms with E-state index in [1.54, 1.807) is 18.2 Å². The van der Waals surface area contributed by atoms with Gasteiger partial charge in [-0.1, -0.05) is 64.3 Å². The number of hydrogen-bond acceptors (Lipinski definition) is 5. The molecule has 0 bridgehead atoms. The Balaban J connectivity index is 1.54. The lowest BCUT2D eigenvalue weighted by Crippen LogP contribution is -2.19. The average Bonchev–Trinajstić information content (AvgIpc) is 3.19. The summed E-state index contributed by atoms with van der Waals surface area (Å²) in [6.07, 6.45) is 2.77. The lowest BCUT2D eigenvalue weighted by molar-refractivity contribution is -0.115. The molecule has 186 valence electrons. The molecule has 1 aliphatic rings. The second-order valence-corrected chi connectivity index (χ2v) is 10.5. The van der Waals surface area contributed by atoms with Crippen LogP contribution in [0.15, 0.2) is 69.0 Å². The van der Waals surface area contributed by atoms with Gasteiger partial charge in [-0.05, 0) is 78.7 Å². The van der Waals surface area contributed by atoms with Crippen molar-refractivity contribution in [1.29, 1.82) is 0 Å². The van der Waals surface area contributed by atoms with E-state index in [1.165, 1.54) is 17.3 Å². The fourth-order valence-corrected chi connectivity index (χ4v) is 5.11. The minimum absolute atomic E-state index is 0.202. The van der Waals surface area contributed by atoms with Gasteiger partial charge in [0.05, 0.1) is 17.2 Å². The summed E-state index contributed by atoms with van der Waals surface area (Å²) in [7, 11) is 0. The highest BCUT2D eigenvalue weighted by Gasteiger charge is 2.24. The van der Waals surface area contributed by atoms with Crippen LogP contribution in [0.1, 0.15) is 30.5 Å². The number of nitrogens with zero attached hydrogens (tertiary/aromatic N) is 1. The van der Waals surface area contributed by atoms with E-state index in [4.69, 9.17) is 32.7 Å². The second kappa shape index (κ2) is 12.2. The van der Waals surface area contributed by atoms with Crippen molar-refractivity contribution in [3.63, 3.8) is 0 Å². The molecule has 36 heavy (non-hydrogen) atoms. The SMILES string of the molecule is CCOc1cc(/C=C2\SC(=Nc3ccc(CC)cc3)NC2=O)c(Br)cc1OCc1ccc(Cl)cc1Cl. The van der Waals surface area contributed by atoms with E-state index >= 15 is 0 Å². The maximum atomic E-state index is 12.6. The number of thioether (sulfide) groups is 1. The highest BCUT2D eigenvalue weighted by atomic mass is 79.9. The van der Waals surface area contributed by atoms with Crippen molar-refractivity contribution in [2.24, 2.45) is 4.99 Å². The van der Waals surface area contributed by atoms with Crippen LogP contribution in [0, 0.1) is 0 Å². The fourth-order valence-electron chi connectivity index (χ4n) is 3.38. The Hall–Kier alpha value is -2.45. The van der Waals surface area contributed by atoms with Gasteiger partial charge in [0, 0.05) is 20.1 Å². The first kappa shape index (κ1) is 26.6. The molecule has 3 aromatic rings. The Kier molecular flexibility index (Phi) is 9.01. The Morgan fingerprint density at radius 3 is 2.47 bits per heavy atom. The molecule has 1 amide bonds. The average molecular weight is 606 g/mol. The van der Waals surface area contributed by atoms with E-state index in [1.807, 2.05) is 49.4 Å². The largest absolute Gasteiger partial charge is 0.490 e. The number of amidine groups is 1. The minimum Gasteiger partial charge on any atom is -0.490 e. The quantitative estimate of drug-likeness (QED) is 0.263. The monoisotopic (exact) mass is 604 g/mol. The number of nitrogens with one attached hydrogen (secondary N) is 1. The summed E-state index contributed by atoms with van der Waals surface area (Å²) in [6, 6.07) is 16.9. The molecule has 1 N–H and O–H groups in total. The van der Waals surface area contributed by atoms with Crippen LogP contribution < -0.4 is 14.8 Å². The smallest absolute Gasteiger partial charge is 0.264 e. The standard InChI is InChI=1S/C27H23BrCl2N2O3S/c1-3-16-5-9-20(10-6-16)31-27-32-26(33)25(36-27)12-18-11-23(34-4-2)24(14-21(18)28)35-15-17-7-8-19(29)13-22(17)30/h5-14H,3-4,15H2,1-2H3,(H,31,32,33)/b25-12-. The van der Waals surface area contributed by atoms with Gasteiger partial charge in [0.2, 0.25) is 0 Å². The number of aliphatic imine (C=N–C) groups is 1. The van der Waals surface area contributed by atoms with E-state index in [0.29, 0.717) is 38.2 Å². The number of carbonyl (C=O) groups is 1. The molecule has 5 nitrogen and oxygen atoms in total. The first-order valence-corrected chi connectivity index (χ1v) is 13.6. The molecule has 1 saturated heterocycles. The maximum Gasteiger partial charge on any atom is 0.264 e. The first-order chi connectivity index (χ1) is 17.4. The van der Waals surface area contributed by atoms with Gasteiger partial charge in [0.1, 0.15) is 6.61 Å². The van der Waals surface area contributed by atoms with Gasteiger partial charge in [0.25, 0.3) is 5.91 Å². The number of carbonyl (C=O) groups excluding carboxylic acids is 1. The molecule has 3 aromatic carbocycles. The van der Waals surface area contributed by atoms with Gasteiger partial charge in [-0.3, -0.25) is 4.79 Å². The number of hydrogen-bond donors (Lipinski definition) is 1. The van der Waals surface area contributed by atoms with Crippen molar-refractivity contribution in [1.82, 2.24) is 5.32 Å².